The van der Waals surface area contributed by atoms with Crippen LogP contribution in [0.25, 0.3) is 0 Å². The molecule has 6 heteroatoms. The van der Waals surface area contributed by atoms with Crippen molar-refractivity contribution in [1.29, 1.82) is 0 Å². The SMILES string of the molecule is CN=C(NCCOC1CCCCCC1)NCCc1c(C)nn(C)c1C. The van der Waals surface area contributed by atoms with E-state index in [2.05, 4.69) is 34.6 Å². The van der Waals surface area contributed by atoms with Gasteiger partial charge >= 0.3 is 0 Å². The first-order valence-corrected chi connectivity index (χ1v) is 9.67. The smallest absolute Gasteiger partial charge is 0.191 e. The molecule has 1 heterocycles. The van der Waals surface area contributed by atoms with Crippen LogP contribution in [0, 0.1) is 13.8 Å². The standard InChI is InChI=1S/C19H35N5O/c1-15-18(16(2)24(4)23-15)11-12-21-19(20-3)22-13-14-25-17-9-7-5-6-8-10-17/h17H,5-14H2,1-4H3,(H2,20,21,22). The number of rotatable bonds is 7. The van der Waals surface area contributed by atoms with Crippen molar-refractivity contribution in [3.8, 4) is 0 Å². The monoisotopic (exact) mass is 349 g/mol. The van der Waals surface area contributed by atoms with E-state index in [1.54, 1.807) is 0 Å². The summed E-state index contributed by atoms with van der Waals surface area (Å²) in [5.74, 6) is 0.837. The predicted molar refractivity (Wildman–Crippen MR) is 103 cm³/mol. The van der Waals surface area contributed by atoms with Gasteiger partial charge in [0.2, 0.25) is 0 Å². The summed E-state index contributed by atoms with van der Waals surface area (Å²) in [5, 5.41) is 11.2. The second kappa shape index (κ2) is 10.4. The van der Waals surface area contributed by atoms with Crippen LogP contribution in [0.15, 0.2) is 4.99 Å². The summed E-state index contributed by atoms with van der Waals surface area (Å²) in [6, 6.07) is 0. The lowest BCUT2D eigenvalue weighted by molar-refractivity contribution is 0.0468. The molecule has 1 aromatic heterocycles. The molecule has 1 aliphatic rings. The van der Waals surface area contributed by atoms with Gasteiger partial charge in [0.05, 0.1) is 18.4 Å². The molecular weight excluding hydrogens is 314 g/mol. The second-order valence-electron chi connectivity index (χ2n) is 6.93. The van der Waals surface area contributed by atoms with Gasteiger partial charge in [0.15, 0.2) is 5.96 Å². The van der Waals surface area contributed by atoms with E-state index in [9.17, 15) is 0 Å². The highest BCUT2D eigenvalue weighted by Crippen LogP contribution is 2.19. The van der Waals surface area contributed by atoms with Crippen LogP contribution < -0.4 is 10.6 Å². The van der Waals surface area contributed by atoms with E-state index in [-0.39, 0.29) is 0 Å². The molecule has 1 saturated carbocycles. The van der Waals surface area contributed by atoms with Gasteiger partial charge in [-0.2, -0.15) is 5.10 Å². The molecule has 0 amide bonds. The highest BCUT2D eigenvalue weighted by Gasteiger charge is 2.12. The third kappa shape index (κ3) is 6.34. The number of guanidine groups is 1. The Labute approximate surface area is 152 Å². The number of ether oxygens (including phenoxy) is 1. The zero-order valence-corrected chi connectivity index (χ0v) is 16.4. The summed E-state index contributed by atoms with van der Waals surface area (Å²) in [6.07, 6.45) is 9.20. The molecule has 0 saturated heterocycles. The van der Waals surface area contributed by atoms with Gasteiger partial charge in [-0.3, -0.25) is 9.67 Å². The number of hydrogen-bond acceptors (Lipinski definition) is 3. The molecule has 0 atom stereocenters. The van der Waals surface area contributed by atoms with Gasteiger partial charge in [0.25, 0.3) is 0 Å². The van der Waals surface area contributed by atoms with Crippen LogP contribution in [0.2, 0.25) is 0 Å². The van der Waals surface area contributed by atoms with E-state index >= 15 is 0 Å². The van der Waals surface area contributed by atoms with Gasteiger partial charge in [-0.1, -0.05) is 25.7 Å². The number of nitrogens with zero attached hydrogens (tertiary/aromatic N) is 3. The normalized spacial score (nSPS) is 16.7. The van der Waals surface area contributed by atoms with Crippen molar-refractivity contribution in [3.63, 3.8) is 0 Å². The highest BCUT2D eigenvalue weighted by atomic mass is 16.5. The van der Waals surface area contributed by atoms with Gasteiger partial charge in [-0.25, -0.2) is 0 Å². The molecule has 6 nitrogen and oxygen atoms in total. The van der Waals surface area contributed by atoms with Crippen LogP contribution in [0.3, 0.4) is 0 Å². The lowest BCUT2D eigenvalue weighted by Gasteiger charge is -2.16. The number of aryl methyl sites for hydroxylation is 2. The number of aromatic nitrogens is 2. The fourth-order valence-electron chi connectivity index (χ4n) is 3.51. The third-order valence-corrected chi connectivity index (χ3v) is 5.10. The lowest BCUT2D eigenvalue weighted by atomic mass is 10.1. The third-order valence-electron chi connectivity index (χ3n) is 5.10. The topological polar surface area (TPSA) is 63.5 Å². The van der Waals surface area contributed by atoms with E-state index in [1.165, 1.54) is 49.8 Å². The van der Waals surface area contributed by atoms with Gasteiger partial charge in [0, 0.05) is 32.9 Å². The molecule has 0 aromatic carbocycles. The Morgan fingerprint density at radius 2 is 1.84 bits per heavy atom. The molecule has 0 bridgehead atoms. The summed E-state index contributed by atoms with van der Waals surface area (Å²) in [6.45, 7) is 6.57. The molecular formula is C19H35N5O. The summed E-state index contributed by atoms with van der Waals surface area (Å²) in [4.78, 5) is 4.29. The van der Waals surface area contributed by atoms with Crippen molar-refractivity contribution in [2.24, 2.45) is 12.0 Å². The van der Waals surface area contributed by atoms with Gasteiger partial charge < -0.3 is 15.4 Å². The first kappa shape index (κ1) is 19.8. The zero-order valence-electron chi connectivity index (χ0n) is 16.4. The zero-order chi connectivity index (χ0) is 18.1. The Morgan fingerprint density at radius 1 is 1.16 bits per heavy atom. The van der Waals surface area contributed by atoms with Gasteiger partial charge in [0.1, 0.15) is 0 Å². The van der Waals surface area contributed by atoms with Crippen molar-refractivity contribution < 1.29 is 4.74 Å². The molecule has 1 aliphatic carbocycles. The van der Waals surface area contributed by atoms with E-state index in [4.69, 9.17) is 4.74 Å². The van der Waals surface area contributed by atoms with Crippen molar-refractivity contribution in [2.75, 3.05) is 26.7 Å². The quantitative estimate of drug-likeness (QED) is 0.344. The molecule has 0 unspecified atom stereocenters. The first-order chi connectivity index (χ1) is 12.1. The molecule has 1 aromatic rings. The van der Waals surface area contributed by atoms with E-state index < -0.39 is 0 Å². The Balaban J connectivity index is 1.63. The summed E-state index contributed by atoms with van der Waals surface area (Å²) >= 11 is 0. The largest absolute Gasteiger partial charge is 0.376 e. The molecule has 0 aliphatic heterocycles. The lowest BCUT2D eigenvalue weighted by Crippen LogP contribution is -2.40. The maximum Gasteiger partial charge on any atom is 0.191 e. The number of aliphatic imine (C=N–C) groups is 1. The predicted octanol–water partition coefficient (Wildman–Crippen LogP) is 2.48. The maximum atomic E-state index is 6.01. The first-order valence-electron chi connectivity index (χ1n) is 9.67. The Morgan fingerprint density at radius 3 is 2.44 bits per heavy atom. The van der Waals surface area contributed by atoms with Crippen molar-refractivity contribution in [3.05, 3.63) is 17.0 Å². The minimum Gasteiger partial charge on any atom is -0.376 e. The van der Waals surface area contributed by atoms with Crippen LogP contribution in [-0.4, -0.2) is 48.6 Å². The molecule has 0 radical (unpaired) electrons. The molecule has 25 heavy (non-hydrogen) atoms. The Bertz CT molecular complexity index is 544. The van der Waals surface area contributed by atoms with E-state index in [1.807, 2.05) is 18.8 Å². The van der Waals surface area contributed by atoms with Crippen molar-refractivity contribution in [2.45, 2.75) is 64.9 Å². The Hall–Kier alpha value is -1.56. The fraction of sp³-hybridized carbons (Fsp3) is 0.789. The molecule has 142 valence electrons. The van der Waals surface area contributed by atoms with E-state index in [0.717, 1.165) is 37.8 Å². The minimum atomic E-state index is 0.454. The van der Waals surface area contributed by atoms with Crippen LogP contribution in [0.4, 0.5) is 0 Å². The fourth-order valence-corrected chi connectivity index (χ4v) is 3.51. The Kier molecular flexibility index (Phi) is 8.25. The van der Waals surface area contributed by atoms with Gasteiger partial charge in [-0.05, 0) is 38.7 Å². The van der Waals surface area contributed by atoms with Gasteiger partial charge in [-0.15, -0.1) is 0 Å². The second-order valence-corrected chi connectivity index (χ2v) is 6.93. The minimum absolute atomic E-state index is 0.454. The van der Waals surface area contributed by atoms with Crippen molar-refractivity contribution in [1.82, 2.24) is 20.4 Å². The highest BCUT2D eigenvalue weighted by molar-refractivity contribution is 5.79. The summed E-state index contributed by atoms with van der Waals surface area (Å²) < 4.78 is 7.96. The summed E-state index contributed by atoms with van der Waals surface area (Å²) in [5.41, 5.74) is 3.67. The average Bonchev–Trinajstić information content (AvgIpc) is 2.80. The summed E-state index contributed by atoms with van der Waals surface area (Å²) in [7, 11) is 3.80. The maximum absolute atomic E-state index is 6.01. The van der Waals surface area contributed by atoms with Crippen LogP contribution >= 0.6 is 0 Å². The van der Waals surface area contributed by atoms with Crippen LogP contribution in [0.1, 0.15) is 55.5 Å². The number of hydrogen-bond donors (Lipinski definition) is 2. The van der Waals surface area contributed by atoms with Crippen LogP contribution in [0.5, 0.6) is 0 Å². The molecule has 2 rings (SSSR count). The molecule has 2 N–H and O–H groups in total. The molecule has 1 fully saturated rings. The van der Waals surface area contributed by atoms with Crippen LogP contribution in [-0.2, 0) is 18.2 Å². The van der Waals surface area contributed by atoms with Crippen molar-refractivity contribution >= 4 is 5.96 Å². The number of nitrogens with one attached hydrogen (secondary N) is 2. The molecule has 0 spiro atoms. The average molecular weight is 350 g/mol. The van der Waals surface area contributed by atoms with E-state index in [0.29, 0.717) is 6.10 Å².